The zero-order valence-corrected chi connectivity index (χ0v) is 24.6. The van der Waals surface area contributed by atoms with E-state index in [9.17, 15) is 14.4 Å². The largest absolute Gasteiger partial charge is 0.463 e. The van der Waals surface area contributed by atoms with Crippen LogP contribution in [-0.2, 0) is 9.53 Å². The van der Waals surface area contributed by atoms with Crippen LogP contribution in [0, 0.1) is 0 Å². The van der Waals surface area contributed by atoms with Crippen molar-refractivity contribution in [2.75, 3.05) is 45.9 Å². The SMILES string of the molecule is CCOC(=O)C1=C(CN2CCN(C(=O)NC(C)(C)C)CC2)N(CC)C(=O)NC1c1cccc(Oc2ccccc2)c1. The summed E-state index contributed by atoms with van der Waals surface area (Å²) in [5.74, 6) is 0.811. The molecule has 10 nitrogen and oxygen atoms in total. The highest BCUT2D eigenvalue weighted by atomic mass is 16.5. The van der Waals surface area contributed by atoms with E-state index in [0.29, 0.717) is 67.6 Å². The third-order valence-electron chi connectivity index (χ3n) is 6.94. The van der Waals surface area contributed by atoms with Crippen LogP contribution in [-0.4, -0.2) is 84.1 Å². The highest BCUT2D eigenvalue weighted by Crippen LogP contribution is 2.34. The first-order valence-electron chi connectivity index (χ1n) is 14.2. The van der Waals surface area contributed by atoms with Crippen molar-refractivity contribution in [1.29, 1.82) is 0 Å². The Labute approximate surface area is 242 Å². The van der Waals surface area contributed by atoms with E-state index in [4.69, 9.17) is 9.47 Å². The summed E-state index contributed by atoms with van der Waals surface area (Å²) in [5, 5.41) is 6.03. The topological polar surface area (TPSA) is 103 Å². The average Bonchev–Trinajstić information content (AvgIpc) is 2.93. The molecule has 0 radical (unpaired) electrons. The van der Waals surface area contributed by atoms with E-state index in [1.165, 1.54) is 0 Å². The van der Waals surface area contributed by atoms with Crippen LogP contribution in [0.25, 0.3) is 0 Å². The van der Waals surface area contributed by atoms with E-state index in [2.05, 4.69) is 15.5 Å². The molecular weight excluding hydrogens is 522 g/mol. The predicted molar refractivity (Wildman–Crippen MR) is 157 cm³/mol. The van der Waals surface area contributed by atoms with E-state index in [1.54, 1.807) is 16.7 Å². The molecule has 0 spiro atoms. The Kier molecular flexibility index (Phi) is 9.54. The third kappa shape index (κ3) is 7.58. The maximum Gasteiger partial charge on any atom is 0.338 e. The normalized spacial score (nSPS) is 18.2. The van der Waals surface area contributed by atoms with Gasteiger partial charge in [0, 0.05) is 50.5 Å². The van der Waals surface area contributed by atoms with Crippen LogP contribution in [0.2, 0.25) is 0 Å². The monoisotopic (exact) mass is 563 g/mol. The molecule has 10 heteroatoms. The number of nitrogens with zero attached hydrogens (tertiary/aromatic N) is 3. The van der Waals surface area contributed by atoms with E-state index in [1.807, 2.05) is 82.3 Å². The molecule has 2 aliphatic rings. The molecular formula is C31H41N5O5. The van der Waals surface area contributed by atoms with E-state index in [-0.39, 0.29) is 24.2 Å². The molecule has 41 heavy (non-hydrogen) atoms. The first kappa shape index (κ1) is 29.9. The van der Waals surface area contributed by atoms with Crippen molar-refractivity contribution in [2.45, 2.75) is 46.2 Å². The van der Waals surface area contributed by atoms with Gasteiger partial charge in [0.15, 0.2) is 0 Å². The number of esters is 1. The molecule has 1 saturated heterocycles. The van der Waals surface area contributed by atoms with Gasteiger partial charge < -0.3 is 25.0 Å². The van der Waals surface area contributed by atoms with Crippen LogP contribution in [0.4, 0.5) is 9.59 Å². The first-order valence-corrected chi connectivity index (χ1v) is 14.2. The summed E-state index contributed by atoms with van der Waals surface area (Å²) in [5.41, 5.74) is 1.41. The number of hydrogen-bond donors (Lipinski definition) is 2. The second-order valence-electron chi connectivity index (χ2n) is 11.1. The second kappa shape index (κ2) is 13.1. The number of carbonyl (C=O) groups excluding carboxylic acids is 3. The van der Waals surface area contributed by atoms with E-state index in [0.717, 1.165) is 0 Å². The van der Waals surface area contributed by atoms with Crippen molar-refractivity contribution in [3.8, 4) is 11.5 Å². The standard InChI is InChI=1S/C31H41N5O5/c1-6-36-25(21-34-16-18-35(19-17-34)30(39)33-31(3,4)5)26(28(37)40-7-2)27(32-29(36)38)22-12-11-15-24(20-22)41-23-13-9-8-10-14-23/h8-15,20,27H,6-7,16-19,21H2,1-5H3,(H,32,38)(H,33,39). The van der Waals surface area contributed by atoms with Crippen LogP contribution in [0.15, 0.2) is 65.9 Å². The number of para-hydroxylation sites is 1. The molecule has 220 valence electrons. The number of likely N-dealkylation sites (N-methyl/N-ethyl adjacent to an activating group) is 1. The van der Waals surface area contributed by atoms with Crippen molar-refractivity contribution >= 4 is 18.0 Å². The van der Waals surface area contributed by atoms with Gasteiger partial charge in [0.25, 0.3) is 0 Å². The second-order valence-corrected chi connectivity index (χ2v) is 11.1. The lowest BCUT2D eigenvalue weighted by molar-refractivity contribution is -0.139. The molecule has 2 aromatic rings. The minimum Gasteiger partial charge on any atom is -0.463 e. The van der Waals surface area contributed by atoms with Crippen LogP contribution >= 0.6 is 0 Å². The van der Waals surface area contributed by atoms with Gasteiger partial charge in [-0.25, -0.2) is 14.4 Å². The molecule has 1 fully saturated rings. The smallest absolute Gasteiger partial charge is 0.338 e. The molecule has 2 N–H and O–H groups in total. The van der Waals surface area contributed by atoms with Gasteiger partial charge in [0.1, 0.15) is 11.5 Å². The Morgan fingerprint density at radius 1 is 0.976 bits per heavy atom. The van der Waals surface area contributed by atoms with Crippen molar-refractivity contribution < 1.29 is 23.9 Å². The molecule has 0 aromatic heterocycles. The Balaban J connectivity index is 1.62. The fourth-order valence-corrected chi connectivity index (χ4v) is 5.01. The molecule has 0 bridgehead atoms. The highest BCUT2D eigenvalue weighted by Gasteiger charge is 2.39. The summed E-state index contributed by atoms with van der Waals surface area (Å²) in [7, 11) is 0. The average molecular weight is 564 g/mol. The Morgan fingerprint density at radius 2 is 1.66 bits per heavy atom. The van der Waals surface area contributed by atoms with Crippen LogP contribution in [0.1, 0.15) is 46.2 Å². The number of hydrogen-bond acceptors (Lipinski definition) is 6. The minimum absolute atomic E-state index is 0.0894. The van der Waals surface area contributed by atoms with Gasteiger partial charge in [-0.15, -0.1) is 0 Å². The number of rotatable bonds is 8. The summed E-state index contributed by atoms with van der Waals surface area (Å²) < 4.78 is 11.5. The van der Waals surface area contributed by atoms with Gasteiger partial charge in [-0.1, -0.05) is 30.3 Å². The Hall–Kier alpha value is -4.05. The summed E-state index contributed by atoms with van der Waals surface area (Å²) >= 11 is 0. The summed E-state index contributed by atoms with van der Waals surface area (Å²) in [6, 6.07) is 15.7. The highest BCUT2D eigenvalue weighted by molar-refractivity contribution is 5.95. The number of nitrogens with one attached hydrogen (secondary N) is 2. The zero-order chi connectivity index (χ0) is 29.6. The van der Waals surface area contributed by atoms with Gasteiger partial charge in [0.05, 0.1) is 18.2 Å². The quantitative estimate of drug-likeness (QED) is 0.458. The number of piperazine rings is 1. The zero-order valence-electron chi connectivity index (χ0n) is 24.6. The van der Waals surface area contributed by atoms with Crippen LogP contribution in [0.5, 0.6) is 11.5 Å². The lowest BCUT2D eigenvalue weighted by Gasteiger charge is -2.40. The maximum absolute atomic E-state index is 13.5. The van der Waals surface area contributed by atoms with Crippen LogP contribution < -0.4 is 15.4 Å². The number of benzene rings is 2. The molecule has 2 heterocycles. The molecule has 2 aliphatic heterocycles. The molecule has 4 rings (SSSR count). The fourth-order valence-electron chi connectivity index (χ4n) is 5.01. The minimum atomic E-state index is -0.711. The number of amides is 4. The Bertz CT molecular complexity index is 1270. The van der Waals surface area contributed by atoms with Crippen molar-refractivity contribution in [3.63, 3.8) is 0 Å². The maximum atomic E-state index is 13.5. The van der Waals surface area contributed by atoms with Gasteiger partial charge in [0.2, 0.25) is 0 Å². The lowest BCUT2D eigenvalue weighted by Crippen LogP contribution is -2.56. The van der Waals surface area contributed by atoms with Gasteiger partial charge in [-0.2, -0.15) is 0 Å². The van der Waals surface area contributed by atoms with Crippen molar-refractivity contribution in [2.24, 2.45) is 0 Å². The number of carbonyl (C=O) groups is 3. The Morgan fingerprint density at radius 3 is 2.29 bits per heavy atom. The number of ether oxygens (including phenoxy) is 2. The molecule has 0 aliphatic carbocycles. The summed E-state index contributed by atoms with van der Waals surface area (Å²) in [6.07, 6.45) is 0. The van der Waals surface area contributed by atoms with Crippen molar-refractivity contribution in [1.82, 2.24) is 25.3 Å². The molecule has 0 saturated carbocycles. The van der Waals surface area contributed by atoms with Crippen molar-refractivity contribution in [3.05, 3.63) is 71.4 Å². The summed E-state index contributed by atoms with van der Waals surface area (Å²) in [4.78, 5) is 45.1. The molecule has 4 amide bonds. The van der Waals surface area contributed by atoms with Gasteiger partial charge in [-0.05, 0) is 64.4 Å². The number of urea groups is 2. The fraction of sp³-hybridized carbons (Fsp3) is 0.452. The molecule has 2 aromatic carbocycles. The molecule has 1 atom stereocenters. The van der Waals surface area contributed by atoms with Gasteiger partial charge >= 0.3 is 18.0 Å². The van der Waals surface area contributed by atoms with E-state index < -0.39 is 12.0 Å². The lowest BCUT2D eigenvalue weighted by atomic mass is 9.94. The van der Waals surface area contributed by atoms with Gasteiger partial charge in [-0.3, -0.25) is 9.80 Å². The molecule has 1 unspecified atom stereocenters. The summed E-state index contributed by atoms with van der Waals surface area (Å²) in [6.45, 7) is 12.8. The third-order valence-corrected chi connectivity index (χ3v) is 6.94. The van der Waals surface area contributed by atoms with E-state index >= 15 is 0 Å². The predicted octanol–water partition coefficient (Wildman–Crippen LogP) is 4.51. The van der Waals surface area contributed by atoms with Crippen LogP contribution in [0.3, 0.4) is 0 Å². The first-order chi connectivity index (χ1) is 19.6.